The van der Waals surface area contributed by atoms with Crippen molar-refractivity contribution in [2.24, 2.45) is 0 Å². The molecule has 5 heteroatoms. The molecule has 0 saturated heterocycles. The SMILES string of the molecule is CCN(CC)CCn1c(C2CCCCC2)nc2cc(C(=O)O)ccc21. The van der Waals surface area contributed by atoms with Gasteiger partial charge in [-0.1, -0.05) is 33.1 Å². The molecule has 0 aliphatic heterocycles. The summed E-state index contributed by atoms with van der Waals surface area (Å²) in [5, 5.41) is 9.27. The zero-order valence-corrected chi connectivity index (χ0v) is 15.4. The first-order valence-corrected chi connectivity index (χ1v) is 9.59. The summed E-state index contributed by atoms with van der Waals surface area (Å²) in [5.74, 6) is 0.773. The molecule has 136 valence electrons. The van der Waals surface area contributed by atoms with Crippen molar-refractivity contribution in [2.75, 3.05) is 19.6 Å². The van der Waals surface area contributed by atoms with Crippen LogP contribution in [0.3, 0.4) is 0 Å². The molecule has 5 nitrogen and oxygen atoms in total. The highest BCUT2D eigenvalue weighted by Gasteiger charge is 2.23. The lowest BCUT2D eigenvalue weighted by molar-refractivity contribution is 0.0697. The number of hydrogen-bond acceptors (Lipinski definition) is 3. The molecule has 1 aliphatic rings. The van der Waals surface area contributed by atoms with Gasteiger partial charge in [0.15, 0.2) is 0 Å². The van der Waals surface area contributed by atoms with Gasteiger partial charge in [0.2, 0.25) is 0 Å². The van der Waals surface area contributed by atoms with Gasteiger partial charge in [-0.05, 0) is 44.1 Å². The van der Waals surface area contributed by atoms with E-state index in [9.17, 15) is 9.90 Å². The van der Waals surface area contributed by atoms with Gasteiger partial charge in [0.1, 0.15) is 5.82 Å². The van der Waals surface area contributed by atoms with Gasteiger partial charge in [0.25, 0.3) is 0 Å². The van der Waals surface area contributed by atoms with E-state index in [1.54, 1.807) is 12.1 Å². The van der Waals surface area contributed by atoms with E-state index in [2.05, 4.69) is 23.3 Å². The number of benzene rings is 1. The predicted molar refractivity (Wildman–Crippen MR) is 100 cm³/mol. The van der Waals surface area contributed by atoms with Crippen LogP contribution in [-0.2, 0) is 6.54 Å². The highest BCUT2D eigenvalue weighted by Crippen LogP contribution is 2.34. The quantitative estimate of drug-likeness (QED) is 0.821. The molecule has 1 aliphatic carbocycles. The minimum atomic E-state index is -0.890. The summed E-state index contributed by atoms with van der Waals surface area (Å²) in [4.78, 5) is 18.6. The van der Waals surface area contributed by atoms with Crippen LogP contribution in [-0.4, -0.2) is 45.2 Å². The van der Waals surface area contributed by atoms with Crippen LogP contribution >= 0.6 is 0 Å². The second-order valence-corrected chi connectivity index (χ2v) is 6.99. The van der Waals surface area contributed by atoms with E-state index < -0.39 is 5.97 Å². The fourth-order valence-corrected chi connectivity index (χ4v) is 3.97. The molecule has 1 N–H and O–H groups in total. The van der Waals surface area contributed by atoms with Gasteiger partial charge >= 0.3 is 5.97 Å². The Morgan fingerprint density at radius 1 is 1.24 bits per heavy atom. The fourth-order valence-electron chi connectivity index (χ4n) is 3.97. The summed E-state index contributed by atoms with van der Waals surface area (Å²) < 4.78 is 2.34. The van der Waals surface area contributed by atoms with E-state index in [1.165, 1.54) is 32.1 Å². The van der Waals surface area contributed by atoms with Gasteiger partial charge in [-0.25, -0.2) is 9.78 Å². The van der Waals surface area contributed by atoms with Crippen LogP contribution in [0.2, 0.25) is 0 Å². The summed E-state index contributed by atoms with van der Waals surface area (Å²) >= 11 is 0. The molecule has 0 spiro atoms. The maximum atomic E-state index is 11.3. The number of fused-ring (bicyclic) bond motifs is 1. The van der Waals surface area contributed by atoms with Crippen LogP contribution < -0.4 is 0 Å². The first-order chi connectivity index (χ1) is 12.1. The highest BCUT2D eigenvalue weighted by atomic mass is 16.4. The van der Waals surface area contributed by atoms with Gasteiger partial charge in [-0.15, -0.1) is 0 Å². The van der Waals surface area contributed by atoms with E-state index >= 15 is 0 Å². The van der Waals surface area contributed by atoms with Crippen molar-refractivity contribution in [3.8, 4) is 0 Å². The molecule has 1 saturated carbocycles. The van der Waals surface area contributed by atoms with Crippen molar-refractivity contribution in [1.29, 1.82) is 0 Å². The van der Waals surface area contributed by atoms with Crippen LogP contribution in [0.15, 0.2) is 18.2 Å². The first kappa shape index (κ1) is 17.9. The lowest BCUT2D eigenvalue weighted by Crippen LogP contribution is -2.28. The Morgan fingerprint density at radius 2 is 1.96 bits per heavy atom. The number of hydrogen-bond donors (Lipinski definition) is 1. The molecule has 1 aromatic heterocycles. The molecular weight excluding hydrogens is 314 g/mol. The third-order valence-electron chi connectivity index (χ3n) is 5.53. The van der Waals surface area contributed by atoms with Crippen molar-refractivity contribution in [3.63, 3.8) is 0 Å². The number of aromatic nitrogens is 2. The van der Waals surface area contributed by atoms with E-state index in [0.29, 0.717) is 11.5 Å². The van der Waals surface area contributed by atoms with Crippen molar-refractivity contribution in [1.82, 2.24) is 14.5 Å². The van der Waals surface area contributed by atoms with Crippen molar-refractivity contribution in [2.45, 2.75) is 58.4 Å². The molecule has 0 unspecified atom stereocenters. The van der Waals surface area contributed by atoms with Crippen molar-refractivity contribution >= 4 is 17.0 Å². The number of carboxylic acid groups (broad SMARTS) is 1. The van der Waals surface area contributed by atoms with Crippen LogP contribution in [0.4, 0.5) is 0 Å². The lowest BCUT2D eigenvalue weighted by Gasteiger charge is -2.24. The number of carboxylic acids is 1. The standard InChI is InChI=1S/C20H29N3O2/c1-3-22(4-2)12-13-23-18-11-10-16(20(24)25)14-17(18)21-19(23)15-8-6-5-7-9-15/h10-11,14-15H,3-9,12-13H2,1-2H3,(H,24,25). The Kier molecular flexibility index (Phi) is 5.74. The molecule has 25 heavy (non-hydrogen) atoms. The monoisotopic (exact) mass is 343 g/mol. The zero-order chi connectivity index (χ0) is 17.8. The minimum absolute atomic E-state index is 0.316. The molecule has 1 heterocycles. The first-order valence-electron chi connectivity index (χ1n) is 9.59. The highest BCUT2D eigenvalue weighted by molar-refractivity contribution is 5.92. The van der Waals surface area contributed by atoms with Crippen LogP contribution in [0.25, 0.3) is 11.0 Å². The largest absolute Gasteiger partial charge is 0.478 e. The van der Waals surface area contributed by atoms with E-state index in [-0.39, 0.29) is 0 Å². The topological polar surface area (TPSA) is 58.4 Å². The zero-order valence-electron chi connectivity index (χ0n) is 15.4. The second kappa shape index (κ2) is 8.00. The number of rotatable bonds is 7. The van der Waals surface area contributed by atoms with Crippen molar-refractivity contribution < 1.29 is 9.90 Å². The minimum Gasteiger partial charge on any atom is -0.478 e. The summed E-state index contributed by atoms with van der Waals surface area (Å²) in [5.41, 5.74) is 2.20. The van der Waals surface area contributed by atoms with Crippen LogP contribution in [0, 0.1) is 0 Å². The molecule has 2 aromatic rings. The van der Waals surface area contributed by atoms with Crippen LogP contribution in [0.1, 0.15) is 68.1 Å². The predicted octanol–water partition coefficient (Wildman–Crippen LogP) is 4.12. The van der Waals surface area contributed by atoms with Crippen molar-refractivity contribution in [3.05, 3.63) is 29.6 Å². The second-order valence-electron chi connectivity index (χ2n) is 6.99. The molecule has 0 amide bonds. The average Bonchev–Trinajstić information content (AvgIpc) is 3.01. The van der Waals surface area contributed by atoms with E-state index in [4.69, 9.17) is 4.98 Å². The summed E-state index contributed by atoms with van der Waals surface area (Å²) in [7, 11) is 0. The maximum absolute atomic E-state index is 11.3. The Morgan fingerprint density at radius 3 is 2.60 bits per heavy atom. The third kappa shape index (κ3) is 3.87. The molecule has 1 aromatic carbocycles. The molecule has 0 atom stereocenters. The number of carbonyl (C=O) groups is 1. The Hall–Kier alpha value is -1.88. The number of likely N-dealkylation sites (N-methyl/N-ethyl adjacent to an activating group) is 1. The average molecular weight is 343 g/mol. The van der Waals surface area contributed by atoms with Gasteiger partial charge in [0, 0.05) is 19.0 Å². The molecular formula is C20H29N3O2. The third-order valence-corrected chi connectivity index (χ3v) is 5.53. The van der Waals surface area contributed by atoms with E-state index in [1.807, 2.05) is 6.07 Å². The Labute approximate surface area is 149 Å². The summed E-state index contributed by atoms with van der Waals surface area (Å²) in [6, 6.07) is 5.35. The molecule has 0 radical (unpaired) electrons. The normalized spacial score (nSPS) is 16.0. The Balaban J connectivity index is 1.98. The van der Waals surface area contributed by atoms with Gasteiger partial charge in [0.05, 0.1) is 16.6 Å². The van der Waals surface area contributed by atoms with Gasteiger partial charge in [-0.2, -0.15) is 0 Å². The number of aromatic carboxylic acids is 1. The smallest absolute Gasteiger partial charge is 0.335 e. The fraction of sp³-hybridized carbons (Fsp3) is 0.600. The molecule has 0 bridgehead atoms. The number of imidazole rings is 1. The van der Waals surface area contributed by atoms with Crippen LogP contribution in [0.5, 0.6) is 0 Å². The van der Waals surface area contributed by atoms with Gasteiger partial charge < -0.3 is 14.6 Å². The van der Waals surface area contributed by atoms with Gasteiger partial charge in [-0.3, -0.25) is 0 Å². The molecule has 1 fully saturated rings. The lowest BCUT2D eigenvalue weighted by atomic mass is 9.88. The molecule has 3 rings (SSSR count). The number of nitrogens with zero attached hydrogens (tertiary/aromatic N) is 3. The van der Waals surface area contributed by atoms with E-state index in [0.717, 1.165) is 43.0 Å². The summed E-state index contributed by atoms with van der Waals surface area (Å²) in [6.07, 6.45) is 6.24. The summed E-state index contributed by atoms with van der Waals surface area (Å²) in [6.45, 7) is 8.39. The maximum Gasteiger partial charge on any atom is 0.335 e. The Bertz CT molecular complexity index is 728.